The summed E-state index contributed by atoms with van der Waals surface area (Å²) in [6, 6.07) is 15.0. The number of rotatable bonds is 5. The zero-order valence-electron chi connectivity index (χ0n) is 11.2. The first-order valence-electron chi connectivity index (χ1n) is 6.52. The Morgan fingerprint density at radius 3 is 2.38 bits per heavy atom. The van der Waals surface area contributed by atoms with Crippen LogP contribution in [0.1, 0.15) is 23.7 Å². The van der Waals surface area contributed by atoms with E-state index in [0.29, 0.717) is 18.4 Å². The Morgan fingerprint density at radius 1 is 1.00 bits per heavy atom. The Balaban J connectivity index is 1.99. The largest absolute Gasteiger partial charge is 0.573 e. The molecule has 0 aromatic heterocycles. The number of aliphatic hydroxyl groups excluding tert-OH is 1. The lowest BCUT2D eigenvalue weighted by molar-refractivity contribution is -0.274. The van der Waals surface area contributed by atoms with Gasteiger partial charge >= 0.3 is 6.36 Å². The second-order valence-electron chi connectivity index (χ2n) is 4.66. The number of benzene rings is 2. The van der Waals surface area contributed by atoms with Gasteiger partial charge in [-0.2, -0.15) is 0 Å². The summed E-state index contributed by atoms with van der Waals surface area (Å²) in [4.78, 5) is 0. The van der Waals surface area contributed by atoms with Crippen molar-refractivity contribution in [3.63, 3.8) is 0 Å². The zero-order chi connectivity index (χ0) is 15.3. The molecular formula is C16H15F3O2. The molecule has 112 valence electrons. The van der Waals surface area contributed by atoms with Crippen molar-refractivity contribution in [2.75, 3.05) is 0 Å². The van der Waals surface area contributed by atoms with Gasteiger partial charge in [0.25, 0.3) is 0 Å². The maximum atomic E-state index is 12.2. The molecule has 2 aromatic rings. The van der Waals surface area contributed by atoms with Crippen molar-refractivity contribution >= 4 is 0 Å². The summed E-state index contributed by atoms with van der Waals surface area (Å²) in [6.45, 7) is 0. The first kappa shape index (κ1) is 15.4. The molecule has 0 aliphatic carbocycles. The summed E-state index contributed by atoms with van der Waals surface area (Å²) >= 11 is 0. The van der Waals surface area contributed by atoms with Crippen molar-refractivity contribution in [2.24, 2.45) is 0 Å². The normalized spacial score (nSPS) is 13.0. The van der Waals surface area contributed by atoms with E-state index >= 15 is 0 Å². The van der Waals surface area contributed by atoms with E-state index in [9.17, 15) is 18.3 Å². The third-order valence-corrected chi connectivity index (χ3v) is 3.03. The highest BCUT2D eigenvalue weighted by atomic mass is 19.4. The van der Waals surface area contributed by atoms with Gasteiger partial charge in [-0.1, -0.05) is 42.5 Å². The van der Waals surface area contributed by atoms with E-state index in [-0.39, 0.29) is 5.75 Å². The van der Waals surface area contributed by atoms with Crippen LogP contribution in [-0.4, -0.2) is 11.5 Å². The summed E-state index contributed by atoms with van der Waals surface area (Å²) in [6.07, 6.45) is -4.48. The van der Waals surface area contributed by atoms with Crippen molar-refractivity contribution in [3.05, 3.63) is 65.7 Å². The molecule has 0 aliphatic rings. The first-order valence-corrected chi connectivity index (χ1v) is 6.52. The topological polar surface area (TPSA) is 29.5 Å². The molecule has 0 saturated heterocycles. The molecule has 5 heteroatoms. The SMILES string of the molecule is OC(CCc1ccccc1)c1cccc(OC(F)(F)F)c1. The Labute approximate surface area is 120 Å². The fourth-order valence-corrected chi connectivity index (χ4v) is 2.03. The van der Waals surface area contributed by atoms with Gasteiger partial charge in [0.05, 0.1) is 6.10 Å². The van der Waals surface area contributed by atoms with E-state index in [0.717, 1.165) is 5.56 Å². The van der Waals surface area contributed by atoms with Gasteiger partial charge in [-0.25, -0.2) is 0 Å². The zero-order valence-corrected chi connectivity index (χ0v) is 11.2. The van der Waals surface area contributed by atoms with E-state index in [2.05, 4.69) is 4.74 Å². The van der Waals surface area contributed by atoms with Crippen LogP contribution in [-0.2, 0) is 6.42 Å². The van der Waals surface area contributed by atoms with Crippen LogP contribution < -0.4 is 4.74 Å². The standard InChI is InChI=1S/C16H15F3O2/c17-16(18,19)21-14-8-4-7-13(11-14)15(20)10-9-12-5-2-1-3-6-12/h1-8,11,15,20H,9-10H2. The Hall–Kier alpha value is -2.01. The molecule has 21 heavy (non-hydrogen) atoms. The molecule has 0 radical (unpaired) electrons. The molecular weight excluding hydrogens is 281 g/mol. The average Bonchev–Trinajstić information content (AvgIpc) is 2.44. The molecule has 2 rings (SSSR count). The average molecular weight is 296 g/mol. The van der Waals surface area contributed by atoms with Crippen molar-refractivity contribution < 1.29 is 23.0 Å². The molecule has 0 aliphatic heterocycles. The summed E-state index contributed by atoms with van der Waals surface area (Å²) < 4.78 is 40.3. The Morgan fingerprint density at radius 2 is 1.71 bits per heavy atom. The van der Waals surface area contributed by atoms with Crippen LogP contribution in [0, 0.1) is 0 Å². The Bertz CT molecular complexity index is 567. The van der Waals surface area contributed by atoms with Crippen LogP contribution in [0.15, 0.2) is 54.6 Å². The van der Waals surface area contributed by atoms with Gasteiger partial charge in [0, 0.05) is 0 Å². The summed E-state index contributed by atoms with van der Waals surface area (Å²) in [5.74, 6) is -0.321. The van der Waals surface area contributed by atoms with E-state index in [1.165, 1.54) is 18.2 Å². The van der Waals surface area contributed by atoms with Crippen LogP contribution in [0.5, 0.6) is 5.75 Å². The van der Waals surface area contributed by atoms with E-state index in [4.69, 9.17) is 0 Å². The van der Waals surface area contributed by atoms with Gasteiger partial charge in [0.2, 0.25) is 0 Å². The number of aryl methyl sites for hydroxylation is 1. The van der Waals surface area contributed by atoms with Crippen LogP contribution >= 0.6 is 0 Å². The maximum Gasteiger partial charge on any atom is 0.573 e. The lowest BCUT2D eigenvalue weighted by Crippen LogP contribution is -2.17. The highest BCUT2D eigenvalue weighted by molar-refractivity contribution is 5.30. The lowest BCUT2D eigenvalue weighted by atomic mass is 10.0. The highest BCUT2D eigenvalue weighted by Crippen LogP contribution is 2.27. The predicted molar refractivity (Wildman–Crippen MR) is 72.8 cm³/mol. The molecule has 0 amide bonds. The van der Waals surface area contributed by atoms with Crippen LogP contribution in [0.25, 0.3) is 0 Å². The number of hydrogen-bond acceptors (Lipinski definition) is 2. The number of ether oxygens (including phenoxy) is 1. The number of halogens is 3. The number of hydrogen-bond donors (Lipinski definition) is 1. The van der Waals surface area contributed by atoms with Gasteiger partial charge in [-0.05, 0) is 36.1 Å². The van der Waals surface area contributed by atoms with Crippen LogP contribution in [0.2, 0.25) is 0 Å². The fourth-order valence-electron chi connectivity index (χ4n) is 2.03. The quantitative estimate of drug-likeness (QED) is 0.893. The fraction of sp³-hybridized carbons (Fsp3) is 0.250. The van der Waals surface area contributed by atoms with Gasteiger partial charge in [-0.15, -0.1) is 13.2 Å². The van der Waals surface area contributed by atoms with E-state index in [1.54, 1.807) is 6.07 Å². The minimum atomic E-state index is -4.73. The third-order valence-electron chi connectivity index (χ3n) is 3.03. The summed E-state index contributed by atoms with van der Waals surface area (Å²) in [5.41, 5.74) is 1.48. The molecule has 1 N–H and O–H groups in total. The monoisotopic (exact) mass is 296 g/mol. The van der Waals surface area contributed by atoms with Crippen molar-refractivity contribution in [3.8, 4) is 5.75 Å². The van der Waals surface area contributed by atoms with Crippen LogP contribution in [0.4, 0.5) is 13.2 Å². The van der Waals surface area contributed by atoms with Crippen molar-refractivity contribution in [1.82, 2.24) is 0 Å². The molecule has 2 nitrogen and oxygen atoms in total. The first-order chi connectivity index (χ1) is 9.94. The maximum absolute atomic E-state index is 12.2. The number of aliphatic hydroxyl groups is 1. The minimum absolute atomic E-state index is 0.321. The highest BCUT2D eigenvalue weighted by Gasteiger charge is 2.31. The minimum Gasteiger partial charge on any atom is -0.406 e. The van der Waals surface area contributed by atoms with Gasteiger partial charge in [0.1, 0.15) is 5.75 Å². The molecule has 1 atom stereocenters. The van der Waals surface area contributed by atoms with Gasteiger partial charge in [-0.3, -0.25) is 0 Å². The second kappa shape index (κ2) is 6.63. The summed E-state index contributed by atoms with van der Waals surface area (Å²) in [5, 5.41) is 10.1. The van der Waals surface area contributed by atoms with Crippen LogP contribution in [0.3, 0.4) is 0 Å². The number of alkyl halides is 3. The third kappa shape index (κ3) is 5.11. The molecule has 0 heterocycles. The molecule has 2 aromatic carbocycles. The second-order valence-corrected chi connectivity index (χ2v) is 4.66. The van der Waals surface area contributed by atoms with Crippen molar-refractivity contribution in [2.45, 2.75) is 25.3 Å². The molecule has 0 bridgehead atoms. The molecule has 1 unspecified atom stereocenters. The van der Waals surface area contributed by atoms with Crippen molar-refractivity contribution in [1.29, 1.82) is 0 Å². The molecule has 0 fully saturated rings. The van der Waals surface area contributed by atoms with E-state index < -0.39 is 12.5 Å². The van der Waals surface area contributed by atoms with E-state index in [1.807, 2.05) is 30.3 Å². The Kier molecular flexibility index (Phi) is 4.85. The van der Waals surface area contributed by atoms with Gasteiger partial charge < -0.3 is 9.84 Å². The van der Waals surface area contributed by atoms with Gasteiger partial charge in [0.15, 0.2) is 0 Å². The molecule has 0 spiro atoms. The lowest BCUT2D eigenvalue weighted by Gasteiger charge is -2.14. The molecule has 0 saturated carbocycles. The summed E-state index contributed by atoms with van der Waals surface area (Å²) in [7, 11) is 0. The predicted octanol–water partition coefficient (Wildman–Crippen LogP) is 4.25. The smallest absolute Gasteiger partial charge is 0.406 e.